The van der Waals surface area contributed by atoms with Crippen LogP contribution >= 0.6 is 11.3 Å². The second-order valence-electron chi connectivity index (χ2n) is 8.71. The monoisotopic (exact) mass is 427 g/mol. The minimum absolute atomic E-state index is 0.0671. The Morgan fingerprint density at radius 1 is 1.10 bits per heavy atom. The van der Waals surface area contributed by atoms with Crippen molar-refractivity contribution in [2.45, 2.75) is 52.7 Å². The molecule has 1 saturated heterocycles. The van der Waals surface area contributed by atoms with E-state index in [-0.39, 0.29) is 24.3 Å². The predicted octanol–water partition coefficient (Wildman–Crippen LogP) is 4.11. The maximum atomic E-state index is 12.4. The molecule has 1 aromatic heterocycles. The van der Waals surface area contributed by atoms with Crippen molar-refractivity contribution in [1.82, 2.24) is 15.5 Å². The molecule has 30 heavy (non-hydrogen) atoms. The van der Waals surface area contributed by atoms with Gasteiger partial charge < -0.3 is 10.6 Å². The molecule has 0 spiro atoms. The van der Waals surface area contributed by atoms with Gasteiger partial charge >= 0.3 is 0 Å². The lowest BCUT2D eigenvalue weighted by atomic mass is 9.91. The molecule has 5 nitrogen and oxygen atoms in total. The highest BCUT2D eigenvalue weighted by molar-refractivity contribution is 7.10. The van der Waals surface area contributed by atoms with E-state index in [9.17, 15) is 9.59 Å². The number of likely N-dealkylation sites (tertiary alicyclic amines) is 1. The van der Waals surface area contributed by atoms with Gasteiger partial charge in [0, 0.05) is 38.0 Å². The topological polar surface area (TPSA) is 61.4 Å². The van der Waals surface area contributed by atoms with E-state index in [4.69, 9.17) is 0 Å². The highest BCUT2D eigenvalue weighted by Crippen LogP contribution is 2.23. The number of hydrogen-bond acceptors (Lipinski definition) is 4. The third-order valence-electron chi connectivity index (χ3n) is 5.52. The van der Waals surface area contributed by atoms with Crippen LogP contribution in [0.2, 0.25) is 0 Å². The largest absolute Gasteiger partial charge is 0.352 e. The van der Waals surface area contributed by atoms with Crippen LogP contribution in [0.25, 0.3) is 0 Å². The first-order valence-corrected chi connectivity index (χ1v) is 11.6. The first-order valence-electron chi connectivity index (χ1n) is 10.8. The first-order chi connectivity index (χ1) is 14.4. The molecule has 2 aromatic rings. The van der Waals surface area contributed by atoms with Crippen LogP contribution in [0.15, 0.2) is 41.8 Å². The summed E-state index contributed by atoms with van der Waals surface area (Å²) in [5.74, 6) is 1.33. The fourth-order valence-electron chi connectivity index (χ4n) is 4.36. The third-order valence-corrected chi connectivity index (χ3v) is 6.50. The van der Waals surface area contributed by atoms with Gasteiger partial charge in [-0.05, 0) is 40.8 Å². The number of hydrogen-bond donors (Lipinski definition) is 2. The van der Waals surface area contributed by atoms with Crippen molar-refractivity contribution >= 4 is 23.2 Å². The third kappa shape index (κ3) is 6.96. The van der Waals surface area contributed by atoms with Crippen molar-refractivity contribution < 1.29 is 9.59 Å². The van der Waals surface area contributed by atoms with Crippen LogP contribution in [-0.2, 0) is 22.7 Å². The van der Waals surface area contributed by atoms with Crippen LogP contribution in [0.3, 0.4) is 0 Å². The summed E-state index contributed by atoms with van der Waals surface area (Å²) in [5.41, 5.74) is 2.40. The summed E-state index contributed by atoms with van der Waals surface area (Å²) < 4.78 is 0. The number of carbonyl (C=O) groups is 2. The number of nitrogens with zero attached hydrogens (tertiary/aromatic N) is 1. The SMILES string of the molecule is CC(=O)N[C@H](CC(=O)NCc1ccc(CN2C[C@H](C)C[C@H](C)C2)cc1)c1cccs1. The minimum Gasteiger partial charge on any atom is -0.352 e. The van der Waals surface area contributed by atoms with Gasteiger partial charge in [-0.3, -0.25) is 14.5 Å². The summed E-state index contributed by atoms with van der Waals surface area (Å²) in [6, 6.07) is 12.1. The number of piperidine rings is 1. The number of carbonyl (C=O) groups excluding carboxylic acids is 2. The van der Waals surface area contributed by atoms with Gasteiger partial charge in [0.1, 0.15) is 0 Å². The molecule has 0 unspecified atom stereocenters. The molecule has 6 heteroatoms. The number of benzene rings is 1. The van der Waals surface area contributed by atoms with Crippen molar-refractivity contribution in [1.29, 1.82) is 0 Å². The Bertz CT molecular complexity index is 809. The molecule has 2 heterocycles. The molecule has 0 saturated carbocycles. The zero-order valence-electron chi connectivity index (χ0n) is 18.2. The van der Waals surface area contributed by atoms with Crippen molar-refractivity contribution in [3.63, 3.8) is 0 Å². The maximum Gasteiger partial charge on any atom is 0.222 e. The van der Waals surface area contributed by atoms with Crippen LogP contribution in [0.5, 0.6) is 0 Å². The van der Waals surface area contributed by atoms with E-state index in [1.807, 2.05) is 17.5 Å². The standard InChI is InChI=1S/C24H33N3O2S/c1-17-11-18(2)15-27(14-17)16-21-8-6-20(7-9-21)13-25-24(29)12-22(26-19(3)28)23-5-4-10-30-23/h4-10,17-18,22H,11-16H2,1-3H3,(H,25,29)(H,26,28)/t17-,18+,22-/m1/s1. The smallest absolute Gasteiger partial charge is 0.222 e. The summed E-state index contributed by atoms with van der Waals surface area (Å²) in [6.07, 6.45) is 1.56. The van der Waals surface area contributed by atoms with E-state index in [0.29, 0.717) is 6.54 Å². The zero-order chi connectivity index (χ0) is 21.5. The molecule has 2 amide bonds. The molecule has 162 valence electrons. The second kappa shape index (κ2) is 10.7. The number of rotatable bonds is 8. The summed E-state index contributed by atoms with van der Waals surface area (Å²) in [6.45, 7) is 9.97. The van der Waals surface area contributed by atoms with E-state index in [2.05, 4.69) is 53.6 Å². The summed E-state index contributed by atoms with van der Waals surface area (Å²) in [7, 11) is 0. The van der Waals surface area contributed by atoms with Gasteiger partial charge in [0.2, 0.25) is 11.8 Å². The number of thiophene rings is 1. The number of amides is 2. The molecular weight excluding hydrogens is 394 g/mol. The van der Waals surface area contributed by atoms with Gasteiger partial charge in [0.05, 0.1) is 12.5 Å². The summed E-state index contributed by atoms with van der Waals surface area (Å²) >= 11 is 1.55. The maximum absolute atomic E-state index is 12.4. The Morgan fingerprint density at radius 2 is 1.77 bits per heavy atom. The van der Waals surface area contributed by atoms with E-state index < -0.39 is 0 Å². The van der Waals surface area contributed by atoms with Crippen LogP contribution < -0.4 is 10.6 Å². The van der Waals surface area contributed by atoms with Crippen molar-refractivity contribution in [2.75, 3.05) is 13.1 Å². The van der Waals surface area contributed by atoms with Crippen LogP contribution in [-0.4, -0.2) is 29.8 Å². The van der Waals surface area contributed by atoms with Crippen LogP contribution in [0.1, 0.15) is 55.7 Å². The fraction of sp³-hybridized carbons (Fsp3) is 0.500. The molecule has 0 bridgehead atoms. The van der Waals surface area contributed by atoms with Crippen LogP contribution in [0, 0.1) is 11.8 Å². The molecule has 3 atom stereocenters. The number of nitrogens with one attached hydrogen (secondary N) is 2. The zero-order valence-corrected chi connectivity index (χ0v) is 19.0. The lowest BCUT2D eigenvalue weighted by Gasteiger charge is -2.35. The summed E-state index contributed by atoms with van der Waals surface area (Å²) in [5, 5.41) is 7.80. The van der Waals surface area contributed by atoms with Crippen molar-refractivity contribution in [2.24, 2.45) is 11.8 Å². The molecule has 3 rings (SSSR count). The molecule has 0 radical (unpaired) electrons. The summed E-state index contributed by atoms with van der Waals surface area (Å²) in [4.78, 5) is 27.4. The Kier molecular flexibility index (Phi) is 8.05. The Hall–Kier alpha value is -2.18. The average molecular weight is 428 g/mol. The molecule has 1 aromatic carbocycles. The highest BCUT2D eigenvalue weighted by Gasteiger charge is 2.21. The molecule has 0 aliphatic carbocycles. The lowest BCUT2D eigenvalue weighted by Crippen LogP contribution is -2.38. The van der Waals surface area contributed by atoms with Gasteiger partial charge in [-0.1, -0.05) is 44.2 Å². The quantitative estimate of drug-likeness (QED) is 0.666. The van der Waals surface area contributed by atoms with Crippen LogP contribution in [0.4, 0.5) is 0 Å². The molecule has 1 aliphatic heterocycles. The van der Waals surface area contributed by atoms with Gasteiger partial charge in [-0.15, -0.1) is 11.3 Å². The molecule has 2 N–H and O–H groups in total. The van der Waals surface area contributed by atoms with Crippen molar-refractivity contribution in [3.8, 4) is 0 Å². The Balaban J connectivity index is 1.48. The lowest BCUT2D eigenvalue weighted by molar-refractivity contribution is -0.122. The highest BCUT2D eigenvalue weighted by atomic mass is 32.1. The minimum atomic E-state index is -0.279. The molecule has 1 aliphatic rings. The molecule has 1 fully saturated rings. The first kappa shape index (κ1) is 22.5. The van der Waals surface area contributed by atoms with Gasteiger partial charge in [-0.25, -0.2) is 0 Å². The Labute approximate surface area is 183 Å². The second-order valence-corrected chi connectivity index (χ2v) is 9.69. The van der Waals surface area contributed by atoms with Gasteiger partial charge in [0.15, 0.2) is 0 Å². The van der Waals surface area contributed by atoms with E-state index >= 15 is 0 Å². The average Bonchev–Trinajstić information content (AvgIpc) is 3.20. The van der Waals surface area contributed by atoms with E-state index in [1.165, 1.54) is 32.0 Å². The van der Waals surface area contributed by atoms with E-state index in [1.54, 1.807) is 11.3 Å². The predicted molar refractivity (Wildman–Crippen MR) is 122 cm³/mol. The Morgan fingerprint density at radius 3 is 2.37 bits per heavy atom. The van der Waals surface area contributed by atoms with Gasteiger partial charge in [0.25, 0.3) is 0 Å². The van der Waals surface area contributed by atoms with Crippen molar-refractivity contribution in [3.05, 3.63) is 57.8 Å². The fourth-order valence-corrected chi connectivity index (χ4v) is 5.14. The van der Waals surface area contributed by atoms with Gasteiger partial charge in [-0.2, -0.15) is 0 Å². The van der Waals surface area contributed by atoms with E-state index in [0.717, 1.165) is 28.8 Å². The normalized spacial score (nSPS) is 20.5. The molecular formula is C24H33N3O2S.